The minimum absolute atomic E-state index is 0.0779. The summed E-state index contributed by atoms with van der Waals surface area (Å²) in [7, 11) is 0. The standard InChI is InChI=1S/C17H20N4O4S/c1-3-8-14(22)20-21(16(24)18-12-9-6-5-7-10-12)17-19-13(11-26-17)15(23)25-4-2/h5-7,9-11H,3-4,8H2,1-2H3,(H,18,24)(H,20,22). The van der Waals surface area contributed by atoms with Crippen molar-refractivity contribution < 1.29 is 19.1 Å². The number of ether oxygens (including phenoxy) is 1. The molecule has 138 valence electrons. The van der Waals surface area contributed by atoms with Gasteiger partial charge in [0.05, 0.1) is 6.61 Å². The quantitative estimate of drug-likeness (QED) is 0.596. The Morgan fingerprint density at radius 1 is 1.19 bits per heavy atom. The van der Waals surface area contributed by atoms with Gasteiger partial charge in [0.15, 0.2) is 5.69 Å². The number of esters is 1. The number of hydrogen-bond donors (Lipinski definition) is 2. The summed E-state index contributed by atoms with van der Waals surface area (Å²) in [6.07, 6.45) is 0.886. The predicted molar refractivity (Wildman–Crippen MR) is 99.1 cm³/mol. The van der Waals surface area contributed by atoms with E-state index in [0.29, 0.717) is 12.1 Å². The molecule has 0 atom stereocenters. The van der Waals surface area contributed by atoms with Crippen molar-refractivity contribution in [3.63, 3.8) is 0 Å². The Labute approximate surface area is 155 Å². The molecule has 0 aliphatic heterocycles. The predicted octanol–water partition coefficient (Wildman–Crippen LogP) is 3.19. The lowest BCUT2D eigenvalue weighted by Gasteiger charge is -2.20. The lowest BCUT2D eigenvalue weighted by molar-refractivity contribution is -0.121. The van der Waals surface area contributed by atoms with Crippen molar-refractivity contribution in [3.8, 4) is 0 Å². The molecule has 3 amide bonds. The topological polar surface area (TPSA) is 101 Å². The van der Waals surface area contributed by atoms with E-state index in [9.17, 15) is 14.4 Å². The van der Waals surface area contributed by atoms with Gasteiger partial charge in [-0.1, -0.05) is 25.1 Å². The van der Waals surface area contributed by atoms with Gasteiger partial charge in [-0.05, 0) is 25.5 Å². The van der Waals surface area contributed by atoms with Gasteiger partial charge in [-0.15, -0.1) is 11.3 Å². The van der Waals surface area contributed by atoms with E-state index in [0.717, 1.165) is 16.3 Å². The molecular weight excluding hydrogens is 356 g/mol. The molecule has 0 aliphatic rings. The third-order valence-electron chi connectivity index (χ3n) is 3.11. The first kappa shape index (κ1) is 19.4. The molecule has 26 heavy (non-hydrogen) atoms. The number of amides is 3. The Balaban J connectivity index is 2.21. The van der Waals surface area contributed by atoms with E-state index in [4.69, 9.17) is 4.74 Å². The molecule has 0 aliphatic carbocycles. The zero-order valence-electron chi connectivity index (χ0n) is 14.5. The molecule has 0 spiro atoms. The van der Waals surface area contributed by atoms with Gasteiger partial charge < -0.3 is 10.1 Å². The number of nitrogens with one attached hydrogen (secondary N) is 2. The van der Waals surface area contributed by atoms with Crippen LogP contribution in [0.15, 0.2) is 35.7 Å². The Kier molecular flexibility index (Phi) is 7.10. The fraction of sp³-hybridized carbons (Fsp3) is 0.294. The van der Waals surface area contributed by atoms with Crippen molar-refractivity contribution in [1.29, 1.82) is 0 Å². The largest absolute Gasteiger partial charge is 0.461 e. The smallest absolute Gasteiger partial charge is 0.357 e. The fourth-order valence-corrected chi connectivity index (χ4v) is 2.71. The zero-order chi connectivity index (χ0) is 18.9. The number of aromatic nitrogens is 1. The van der Waals surface area contributed by atoms with Crippen LogP contribution in [0.25, 0.3) is 0 Å². The molecule has 0 saturated carbocycles. The van der Waals surface area contributed by atoms with Gasteiger partial charge in [0.1, 0.15) is 0 Å². The maximum atomic E-state index is 12.6. The third-order valence-corrected chi connectivity index (χ3v) is 3.94. The first-order chi connectivity index (χ1) is 12.5. The zero-order valence-corrected chi connectivity index (χ0v) is 15.3. The van der Waals surface area contributed by atoms with Gasteiger partial charge in [0.25, 0.3) is 0 Å². The maximum absolute atomic E-state index is 12.6. The van der Waals surface area contributed by atoms with E-state index in [1.54, 1.807) is 31.2 Å². The van der Waals surface area contributed by atoms with Crippen molar-refractivity contribution in [2.24, 2.45) is 0 Å². The molecule has 0 radical (unpaired) electrons. The summed E-state index contributed by atoms with van der Waals surface area (Å²) in [6.45, 7) is 3.77. The summed E-state index contributed by atoms with van der Waals surface area (Å²) >= 11 is 1.05. The molecule has 9 heteroatoms. The highest BCUT2D eigenvalue weighted by Gasteiger charge is 2.23. The summed E-state index contributed by atoms with van der Waals surface area (Å²) < 4.78 is 4.90. The third kappa shape index (κ3) is 5.28. The second kappa shape index (κ2) is 9.52. The summed E-state index contributed by atoms with van der Waals surface area (Å²) in [5.74, 6) is -0.915. The number of benzene rings is 1. The van der Waals surface area contributed by atoms with E-state index in [1.807, 2.05) is 13.0 Å². The molecule has 1 aromatic carbocycles. The van der Waals surface area contributed by atoms with Crippen molar-refractivity contribution in [1.82, 2.24) is 10.4 Å². The van der Waals surface area contributed by atoms with Crippen molar-refractivity contribution in [3.05, 3.63) is 41.4 Å². The van der Waals surface area contributed by atoms with Gasteiger partial charge in [0.2, 0.25) is 11.0 Å². The molecular formula is C17H20N4O4S. The second-order valence-electron chi connectivity index (χ2n) is 5.15. The number of para-hydroxylation sites is 1. The number of thiazole rings is 1. The minimum Gasteiger partial charge on any atom is -0.461 e. The first-order valence-electron chi connectivity index (χ1n) is 8.13. The highest BCUT2D eigenvalue weighted by molar-refractivity contribution is 7.14. The maximum Gasteiger partial charge on any atom is 0.357 e. The number of rotatable bonds is 6. The van der Waals surface area contributed by atoms with Gasteiger partial charge >= 0.3 is 12.0 Å². The van der Waals surface area contributed by atoms with Crippen LogP contribution < -0.4 is 15.8 Å². The molecule has 0 saturated heterocycles. The molecule has 2 aromatic rings. The van der Waals surface area contributed by atoms with Crippen LogP contribution in [0, 0.1) is 0 Å². The highest BCUT2D eigenvalue weighted by Crippen LogP contribution is 2.21. The molecule has 0 unspecified atom stereocenters. The molecule has 1 aromatic heterocycles. The van der Waals surface area contributed by atoms with Crippen molar-refractivity contribution in [2.45, 2.75) is 26.7 Å². The Morgan fingerprint density at radius 2 is 1.92 bits per heavy atom. The van der Waals surface area contributed by atoms with E-state index in [-0.39, 0.29) is 29.8 Å². The number of anilines is 2. The highest BCUT2D eigenvalue weighted by atomic mass is 32.1. The Bertz CT molecular complexity index is 763. The van der Waals surface area contributed by atoms with Crippen molar-refractivity contribution in [2.75, 3.05) is 16.9 Å². The van der Waals surface area contributed by atoms with Crippen LogP contribution in [0.2, 0.25) is 0 Å². The SMILES string of the molecule is CCCC(=O)NN(C(=O)Nc1ccccc1)c1nc(C(=O)OCC)cs1. The average molecular weight is 376 g/mol. The number of nitrogens with zero attached hydrogens (tertiary/aromatic N) is 2. The van der Waals surface area contributed by atoms with Gasteiger partial charge in [-0.3, -0.25) is 10.2 Å². The lowest BCUT2D eigenvalue weighted by Crippen LogP contribution is -2.48. The molecule has 2 rings (SSSR count). The number of carbonyl (C=O) groups excluding carboxylic acids is 3. The van der Waals surface area contributed by atoms with Gasteiger partial charge in [-0.25, -0.2) is 14.6 Å². The number of carbonyl (C=O) groups is 3. The second-order valence-corrected chi connectivity index (χ2v) is 5.99. The van der Waals surface area contributed by atoms with Crippen LogP contribution in [0.4, 0.5) is 15.6 Å². The molecule has 0 fully saturated rings. The van der Waals surface area contributed by atoms with Crippen LogP contribution in [-0.2, 0) is 9.53 Å². The van der Waals surface area contributed by atoms with Crippen LogP contribution >= 0.6 is 11.3 Å². The fourth-order valence-electron chi connectivity index (χ4n) is 1.96. The van der Waals surface area contributed by atoms with E-state index in [1.165, 1.54) is 5.38 Å². The van der Waals surface area contributed by atoms with Crippen LogP contribution in [0.5, 0.6) is 0 Å². The molecule has 0 bridgehead atoms. The number of urea groups is 1. The first-order valence-corrected chi connectivity index (χ1v) is 9.01. The number of hydrogen-bond acceptors (Lipinski definition) is 6. The molecule has 8 nitrogen and oxygen atoms in total. The number of hydrazine groups is 1. The van der Waals surface area contributed by atoms with Crippen LogP contribution in [0.3, 0.4) is 0 Å². The average Bonchev–Trinajstić information content (AvgIpc) is 3.11. The Morgan fingerprint density at radius 3 is 2.58 bits per heavy atom. The van der Waals surface area contributed by atoms with E-state index >= 15 is 0 Å². The molecule has 2 N–H and O–H groups in total. The van der Waals surface area contributed by atoms with Crippen LogP contribution in [0.1, 0.15) is 37.2 Å². The Hall–Kier alpha value is -2.94. The normalized spacial score (nSPS) is 10.1. The van der Waals surface area contributed by atoms with E-state index in [2.05, 4.69) is 15.7 Å². The summed E-state index contributed by atoms with van der Waals surface area (Å²) in [6, 6.07) is 8.22. The monoisotopic (exact) mass is 376 g/mol. The van der Waals surface area contributed by atoms with Gasteiger partial charge in [-0.2, -0.15) is 5.01 Å². The van der Waals surface area contributed by atoms with Gasteiger partial charge in [0, 0.05) is 17.5 Å². The summed E-state index contributed by atoms with van der Waals surface area (Å²) in [4.78, 5) is 40.5. The van der Waals surface area contributed by atoms with Crippen LogP contribution in [-0.4, -0.2) is 29.5 Å². The molecule has 1 heterocycles. The van der Waals surface area contributed by atoms with Crippen molar-refractivity contribution >= 4 is 40.1 Å². The summed E-state index contributed by atoms with van der Waals surface area (Å²) in [5, 5.41) is 5.31. The van der Waals surface area contributed by atoms with E-state index < -0.39 is 12.0 Å². The summed E-state index contributed by atoms with van der Waals surface area (Å²) in [5.41, 5.74) is 3.16. The minimum atomic E-state index is -0.592. The lowest BCUT2D eigenvalue weighted by atomic mass is 10.3.